The van der Waals surface area contributed by atoms with Crippen molar-refractivity contribution in [3.05, 3.63) is 58.6 Å². The number of ether oxygens (including phenoxy) is 1. The summed E-state index contributed by atoms with van der Waals surface area (Å²) < 4.78 is 70.4. The first-order valence-corrected chi connectivity index (χ1v) is 11.3. The summed E-state index contributed by atoms with van der Waals surface area (Å²) in [6.07, 6.45) is -3.98. The molecule has 0 unspecified atom stereocenters. The summed E-state index contributed by atoms with van der Waals surface area (Å²) in [5.41, 5.74) is -0.871. The number of carbonyl (C=O) groups excluding carboxylic acids is 1. The highest BCUT2D eigenvalue weighted by molar-refractivity contribution is 7.92. The number of methoxy groups -OCH3 is 1. The molecule has 31 heavy (non-hydrogen) atoms. The van der Waals surface area contributed by atoms with Crippen molar-refractivity contribution < 1.29 is 31.1 Å². The number of hydrogen-bond acceptors (Lipinski definition) is 4. The average molecular weight is 479 g/mol. The lowest BCUT2D eigenvalue weighted by molar-refractivity contribution is -0.137. The monoisotopic (exact) mass is 478 g/mol. The SMILES string of the molecule is COc1ccccc1[C@@H](C)NC(=O)[C@@H](C)N(c1ccc(Cl)c(C(F)(F)F)c1)S(C)(=O)=O. The predicted molar refractivity (Wildman–Crippen MR) is 113 cm³/mol. The fourth-order valence-corrected chi connectivity index (χ4v) is 4.50. The van der Waals surface area contributed by atoms with Gasteiger partial charge >= 0.3 is 6.18 Å². The highest BCUT2D eigenvalue weighted by atomic mass is 35.5. The number of amides is 1. The van der Waals surface area contributed by atoms with Crippen molar-refractivity contribution in [2.24, 2.45) is 0 Å². The highest BCUT2D eigenvalue weighted by Gasteiger charge is 2.36. The third kappa shape index (κ3) is 5.82. The number of halogens is 4. The predicted octanol–water partition coefficient (Wildman–Crippen LogP) is 4.40. The quantitative estimate of drug-likeness (QED) is 0.640. The largest absolute Gasteiger partial charge is 0.496 e. The molecule has 0 aromatic heterocycles. The second kappa shape index (κ2) is 9.35. The van der Waals surface area contributed by atoms with Gasteiger partial charge in [0.1, 0.15) is 11.8 Å². The summed E-state index contributed by atoms with van der Waals surface area (Å²) in [4.78, 5) is 12.8. The Morgan fingerprint density at radius 1 is 1.16 bits per heavy atom. The highest BCUT2D eigenvalue weighted by Crippen LogP contribution is 2.38. The van der Waals surface area contributed by atoms with E-state index in [4.69, 9.17) is 16.3 Å². The van der Waals surface area contributed by atoms with Crippen LogP contribution in [0.4, 0.5) is 18.9 Å². The Labute approximate surface area is 184 Å². The summed E-state index contributed by atoms with van der Waals surface area (Å²) in [6, 6.07) is 7.72. The van der Waals surface area contributed by atoms with E-state index < -0.39 is 44.8 Å². The molecule has 0 aliphatic rings. The van der Waals surface area contributed by atoms with Gasteiger partial charge in [-0.1, -0.05) is 29.8 Å². The van der Waals surface area contributed by atoms with Crippen LogP contribution in [0, 0.1) is 0 Å². The van der Waals surface area contributed by atoms with Gasteiger partial charge in [-0.2, -0.15) is 13.2 Å². The molecule has 0 saturated carbocycles. The molecule has 2 rings (SSSR count). The fourth-order valence-electron chi connectivity index (χ4n) is 3.11. The molecule has 0 saturated heterocycles. The first-order chi connectivity index (χ1) is 14.3. The molecule has 2 aromatic rings. The molecule has 6 nitrogen and oxygen atoms in total. The maximum atomic E-state index is 13.2. The normalized spacial score (nSPS) is 13.9. The van der Waals surface area contributed by atoms with E-state index in [1.807, 2.05) is 0 Å². The zero-order valence-corrected chi connectivity index (χ0v) is 18.8. The van der Waals surface area contributed by atoms with Crippen LogP contribution < -0.4 is 14.4 Å². The van der Waals surface area contributed by atoms with Crippen LogP contribution in [0.1, 0.15) is 31.0 Å². The fraction of sp³-hybridized carbons (Fsp3) is 0.350. The number of sulfonamides is 1. The molecule has 0 radical (unpaired) electrons. The third-order valence-electron chi connectivity index (χ3n) is 4.56. The minimum Gasteiger partial charge on any atom is -0.496 e. The van der Waals surface area contributed by atoms with Crippen molar-refractivity contribution in [3.63, 3.8) is 0 Å². The van der Waals surface area contributed by atoms with Crippen molar-refractivity contribution in [1.29, 1.82) is 0 Å². The number of para-hydroxylation sites is 1. The molecule has 0 bridgehead atoms. The van der Waals surface area contributed by atoms with E-state index in [0.29, 0.717) is 21.7 Å². The molecule has 0 spiro atoms. The lowest BCUT2D eigenvalue weighted by Crippen LogP contribution is -2.48. The van der Waals surface area contributed by atoms with Gasteiger partial charge < -0.3 is 10.1 Å². The number of anilines is 1. The van der Waals surface area contributed by atoms with Crippen LogP contribution in [0.5, 0.6) is 5.75 Å². The molecule has 2 aromatic carbocycles. The van der Waals surface area contributed by atoms with E-state index in [1.165, 1.54) is 14.0 Å². The molecule has 0 heterocycles. The summed E-state index contributed by atoms with van der Waals surface area (Å²) in [5, 5.41) is 2.10. The first kappa shape index (κ1) is 24.8. The van der Waals surface area contributed by atoms with Crippen molar-refractivity contribution in [1.82, 2.24) is 5.32 Å². The minimum absolute atomic E-state index is 0.327. The number of nitrogens with zero attached hydrogens (tertiary/aromatic N) is 1. The lowest BCUT2D eigenvalue weighted by atomic mass is 10.1. The van der Waals surface area contributed by atoms with Crippen LogP contribution >= 0.6 is 11.6 Å². The maximum Gasteiger partial charge on any atom is 0.417 e. The Bertz CT molecular complexity index is 1060. The molecular formula is C20H22ClF3N2O4S. The van der Waals surface area contributed by atoms with Gasteiger partial charge in [0, 0.05) is 5.56 Å². The molecule has 2 atom stereocenters. The maximum absolute atomic E-state index is 13.2. The topological polar surface area (TPSA) is 75.7 Å². The number of rotatable bonds is 7. The molecule has 0 aliphatic carbocycles. The van der Waals surface area contributed by atoms with Crippen molar-refractivity contribution >= 4 is 33.2 Å². The Morgan fingerprint density at radius 3 is 2.32 bits per heavy atom. The second-order valence-corrected chi connectivity index (χ2v) is 9.14. The summed E-state index contributed by atoms with van der Waals surface area (Å²) in [6.45, 7) is 2.96. The van der Waals surface area contributed by atoms with Gasteiger partial charge in [0.05, 0.1) is 35.7 Å². The van der Waals surface area contributed by atoms with Gasteiger partial charge in [0.25, 0.3) is 0 Å². The lowest BCUT2D eigenvalue weighted by Gasteiger charge is -2.30. The van der Waals surface area contributed by atoms with E-state index in [2.05, 4.69) is 5.32 Å². The third-order valence-corrected chi connectivity index (χ3v) is 6.13. The zero-order valence-electron chi connectivity index (χ0n) is 17.2. The number of hydrogen-bond donors (Lipinski definition) is 1. The van der Waals surface area contributed by atoms with Crippen LogP contribution in [0.3, 0.4) is 0 Å². The molecule has 1 amide bonds. The van der Waals surface area contributed by atoms with E-state index >= 15 is 0 Å². The van der Waals surface area contributed by atoms with E-state index in [-0.39, 0.29) is 5.69 Å². The molecule has 0 aliphatic heterocycles. The number of nitrogens with one attached hydrogen (secondary N) is 1. The van der Waals surface area contributed by atoms with Gasteiger partial charge in [-0.05, 0) is 38.1 Å². The Hall–Kier alpha value is -2.46. The van der Waals surface area contributed by atoms with Gasteiger partial charge in [0.2, 0.25) is 15.9 Å². The Balaban J connectivity index is 2.38. The van der Waals surface area contributed by atoms with Gasteiger partial charge in [-0.25, -0.2) is 8.42 Å². The zero-order chi connectivity index (χ0) is 23.6. The summed E-state index contributed by atoms with van der Waals surface area (Å²) in [7, 11) is -2.64. The van der Waals surface area contributed by atoms with Crippen LogP contribution in [0.25, 0.3) is 0 Å². The standard InChI is InChI=1S/C20H22ClF3N2O4S/c1-12(15-7-5-6-8-18(15)30-3)25-19(27)13(2)26(31(4,28)29)14-9-10-17(21)16(11-14)20(22,23)24/h5-13H,1-4H3,(H,25,27)/t12-,13-/m1/s1. The van der Waals surface area contributed by atoms with Crippen molar-refractivity contribution in [2.75, 3.05) is 17.7 Å². The van der Waals surface area contributed by atoms with Crippen LogP contribution in [0.2, 0.25) is 5.02 Å². The Kier molecular flexibility index (Phi) is 7.48. The van der Waals surface area contributed by atoms with Crippen LogP contribution in [-0.2, 0) is 21.0 Å². The van der Waals surface area contributed by atoms with Crippen LogP contribution in [0.15, 0.2) is 42.5 Å². The van der Waals surface area contributed by atoms with Gasteiger partial charge in [-0.3, -0.25) is 9.10 Å². The minimum atomic E-state index is -4.79. The first-order valence-electron chi connectivity index (χ1n) is 9.06. The van der Waals surface area contributed by atoms with Crippen molar-refractivity contribution in [3.8, 4) is 5.75 Å². The molecule has 170 valence electrons. The smallest absolute Gasteiger partial charge is 0.417 e. The van der Waals surface area contributed by atoms with Gasteiger partial charge in [-0.15, -0.1) is 0 Å². The van der Waals surface area contributed by atoms with Crippen LogP contribution in [-0.4, -0.2) is 33.7 Å². The number of carbonyl (C=O) groups is 1. The summed E-state index contributed by atoms with van der Waals surface area (Å²) >= 11 is 5.63. The van der Waals surface area contributed by atoms with Gasteiger partial charge in [0.15, 0.2) is 0 Å². The molecule has 11 heteroatoms. The molecule has 0 fully saturated rings. The summed E-state index contributed by atoms with van der Waals surface area (Å²) in [5.74, 6) is -0.178. The Morgan fingerprint density at radius 2 is 1.77 bits per heavy atom. The molecular weight excluding hydrogens is 457 g/mol. The average Bonchev–Trinajstić information content (AvgIpc) is 2.67. The van der Waals surface area contributed by atoms with E-state index in [0.717, 1.165) is 18.4 Å². The number of alkyl halides is 3. The van der Waals surface area contributed by atoms with E-state index in [9.17, 15) is 26.4 Å². The number of benzene rings is 2. The van der Waals surface area contributed by atoms with Crippen molar-refractivity contribution in [2.45, 2.75) is 32.1 Å². The van der Waals surface area contributed by atoms with E-state index in [1.54, 1.807) is 31.2 Å². The molecule has 1 N–H and O–H groups in total. The second-order valence-electron chi connectivity index (χ2n) is 6.87.